The molecule has 2 N–H and O–H groups in total. The van der Waals surface area contributed by atoms with E-state index in [-0.39, 0.29) is 25.0 Å². The molecular formula is C13H15BrN2O3. The molecule has 0 unspecified atom stereocenters. The van der Waals surface area contributed by atoms with Crippen LogP contribution >= 0.6 is 15.9 Å². The van der Waals surface area contributed by atoms with Crippen molar-refractivity contribution in [2.24, 2.45) is 0 Å². The number of anilines is 1. The number of hydrogen-bond donors (Lipinski definition) is 2. The number of nitrogens with zero attached hydrogens (tertiary/aromatic N) is 1. The van der Waals surface area contributed by atoms with Crippen molar-refractivity contribution in [3.05, 3.63) is 28.7 Å². The molecule has 1 aromatic carbocycles. The molecular weight excluding hydrogens is 312 g/mol. The maximum atomic E-state index is 11.9. The lowest BCUT2D eigenvalue weighted by atomic mass is 10.3. The summed E-state index contributed by atoms with van der Waals surface area (Å²) in [6, 6.07) is 7.54. The topological polar surface area (TPSA) is 69.6 Å². The van der Waals surface area contributed by atoms with Gasteiger partial charge in [0.05, 0.1) is 13.1 Å². The van der Waals surface area contributed by atoms with E-state index in [2.05, 4.69) is 21.2 Å². The summed E-state index contributed by atoms with van der Waals surface area (Å²) in [6.45, 7) is 0.0278. The van der Waals surface area contributed by atoms with Gasteiger partial charge < -0.3 is 10.4 Å². The van der Waals surface area contributed by atoms with Crippen molar-refractivity contribution >= 4 is 33.5 Å². The molecule has 1 aliphatic rings. The van der Waals surface area contributed by atoms with Gasteiger partial charge in [0.2, 0.25) is 5.91 Å². The Labute approximate surface area is 119 Å². The molecule has 0 saturated heterocycles. The summed E-state index contributed by atoms with van der Waals surface area (Å²) in [5.74, 6) is -1.09. The maximum absolute atomic E-state index is 11.9. The Morgan fingerprint density at radius 2 is 2.11 bits per heavy atom. The van der Waals surface area contributed by atoms with Gasteiger partial charge in [-0.2, -0.15) is 0 Å². The molecule has 1 aliphatic carbocycles. The van der Waals surface area contributed by atoms with Crippen molar-refractivity contribution < 1.29 is 14.7 Å². The number of amides is 1. The van der Waals surface area contributed by atoms with Crippen LogP contribution in [0.2, 0.25) is 0 Å². The smallest absolute Gasteiger partial charge is 0.317 e. The minimum Gasteiger partial charge on any atom is -0.480 e. The molecule has 0 radical (unpaired) electrons. The number of carbonyl (C=O) groups excluding carboxylic acids is 1. The highest BCUT2D eigenvalue weighted by Gasteiger charge is 2.31. The molecule has 1 saturated carbocycles. The summed E-state index contributed by atoms with van der Waals surface area (Å²) < 4.78 is 0.884. The Balaban J connectivity index is 1.90. The molecule has 0 bridgehead atoms. The van der Waals surface area contributed by atoms with E-state index in [0.717, 1.165) is 17.3 Å². The van der Waals surface area contributed by atoms with Gasteiger partial charge >= 0.3 is 5.97 Å². The van der Waals surface area contributed by atoms with Gasteiger partial charge in [-0.05, 0) is 31.0 Å². The Bertz CT molecular complexity index is 489. The van der Waals surface area contributed by atoms with Gasteiger partial charge in [-0.1, -0.05) is 22.0 Å². The Hall–Kier alpha value is -1.40. The number of halogens is 1. The second kappa shape index (κ2) is 6.16. The van der Waals surface area contributed by atoms with Gasteiger partial charge in [0.1, 0.15) is 0 Å². The third-order valence-electron chi connectivity index (χ3n) is 2.86. The molecule has 0 aromatic heterocycles. The number of rotatable bonds is 6. The van der Waals surface area contributed by atoms with E-state index in [1.165, 1.54) is 0 Å². The van der Waals surface area contributed by atoms with Gasteiger partial charge in [0.25, 0.3) is 0 Å². The van der Waals surface area contributed by atoms with Gasteiger partial charge in [0.15, 0.2) is 0 Å². The fourth-order valence-corrected chi connectivity index (χ4v) is 2.28. The number of carboxylic acid groups (broad SMARTS) is 1. The van der Waals surface area contributed by atoms with E-state index in [1.807, 2.05) is 12.1 Å². The fourth-order valence-electron chi connectivity index (χ4n) is 1.88. The summed E-state index contributed by atoms with van der Waals surface area (Å²) in [7, 11) is 0. The van der Waals surface area contributed by atoms with Crippen LogP contribution in [0.1, 0.15) is 12.8 Å². The minimum absolute atomic E-state index is 0.0867. The third kappa shape index (κ3) is 4.65. The van der Waals surface area contributed by atoms with Crippen LogP contribution in [-0.4, -0.2) is 41.0 Å². The van der Waals surface area contributed by atoms with Crippen LogP contribution in [0.25, 0.3) is 0 Å². The van der Waals surface area contributed by atoms with Gasteiger partial charge in [0, 0.05) is 16.2 Å². The van der Waals surface area contributed by atoms with E-state index in [0.29, 0.717) is 5.69 Å². The van der Waals surface area contributed by atoms with Crippen LogP contribution in [0.15, 0.2) is 28.7 Å². The average molecular weight is 327 g/mol. The number of benzene rings is 1. The number of aliphatic carboxylic acids is 1. The van der Waals surface area contributed by atoms with Crippen molar-refractivity contribution in [3.8, 4) is 0 Å². The Morgan fingerprint density at radius 1 is 1.37 bits per heavy atom. The third-order valence-corrected chi connectivity index (χ3v) is 3.35. The first kappa shape index (κ1) is 14.0. The molecule has 5 nitrogen and oxygen atoms in total. The SMILES string of the molecule is O=C(O)CN(CC(=O)Nc1cccc(Br)c1)C1CC1. The zero-order valence-electron chi connectivity index (χ0n) is 10.3. The molecule has 1 aromatic rings. The first-order chi connectivity index (χ1) is 9.04. The van der Waals surface area contributed by atoms with E-state index < -0.39 is 5.97 Å². The number of carbonyl (C=O) groups is 2. The molecule has 0 atom stereocenters. The predicted molar refractivity (Wildman–Crippen MR) is 75.0 cm³/mol. The predicted octanol–water partition coefficient (Wildman–Crippen LogP) is 1.94. The quantitative estimate of drug-likeness (QED) is 0.838. The molecule has 6 heteroatoms. The van der Waals surface area contributed by atoms with Crippen molar-refractivity contribution in [2.75, 3.05) is 18.4 Å². The lowest BCUT2D eigenvalue weighted by Crippen LogP contribution is -2.38. The number of nitrogens with one attached hydrogen (secondary N) is 1. The van der Waals surface area contributed by atoms with E-state index in [1.54, 1.807) is 17.0 Å². The number of carboxylic acids is 1. The fraction of sp³-hybridized carbons (Fsp3) is 0.385. The molecule has 19 heavy (non-hydrogen) atoms. The highest BCUT2D eigenvalue weighted by atomic mass is 79.9. The highest BCUT2D eigenvalue weighted by Crippen LogP contribution is 2.26. The van der Waals surface area contributed by atoms with Crippen molar-refractivity contribution in [3.63, 3.8) is 0 Å². The zero-order chi connectivity index (χ0) is 13.8. The van der Waals surface area contributed by atoms with E-state index in [9.17, 15) is 9.59 Å². The molecule has 0 aliphatic heterocycles. The lowest BCUT2D eigenvalue weighted by molar-refractivity contribution is -0.138. The van der Waals surface area contributed by atoms with Crippen LogP contribution in [0.5, 0.6) is 0 Å². The van der Waals surface area contributed by atoms with Crippen LogP contribution in [0.3, 0.4) is 0 Å². The lowest BCUT2D eigenvalue weighted by Gasteiger charge is -2.18. The second-order valence-corrected chi connectivity index (χ2v) is 5.50. The van der Waals surface area contributed by atoms with E-state index >= 15 is 0 Å². The Kier molecular flexibility index (Phi) is 4.55. The summed E-state index contributed by atoms with van der Waals surface area (Å²) in [5, 5.41) is 11.6. The van der Waals surface area contributed by atoms with Crippen LogP contribution in [-0.2, 0) is 9.59 Å². The highest BCUT2D eigenvalue weighted by molar-refractivity contribution is 9.10. The molecule has 2 rings (SSSR count). The van der Waals surface area contributed by atoms with Crippen molar-refractivity contribution in [1.82, 2.24) is 4.90 Å². The van der Waals surface area contributed by atoms with E-state index in [4.69, 9.17) is 5.11 Å². The monoisotopic (exact) mass is 326 g/mol. The minimum atomic E-state index is -0.901. The summed E-state index contributed by atoms with van der Waals surface area (Å²) in [5.41, 5.74) is 0.699. The van der Waals surface area contributed by atoms with Crippen molar-refractivity contribution in [2.45, 2.75) is 18.9 Å². The first-order valence-corrected chi connectivity index (χ1v) is 6.85. The second-order valence-electron chi connectivity index (χ2n) is 4.59. The van der Waals surface area contributed by atoms with Crippen molar-refractivity contribution in [1.29, 1.82) is 0 Å². The molecule has 0 spiro atoms. The average Bonchev–Trinajstić information content (AvgIpc) is 3.10. The normalized spacial score (nSPS) is 14.4. The molecule has 1 amide bonds. The van der Waals surface area contributed by atoms with Gasteiger partial charge in [-0.25, -0.2) is 0 Å². The zero-order valence-corrected chi connectivity index (χ0v) is 11.9. The first-order valence-electron chi connectivity index (χ1n) is 6.06. The van der Waals surface area contributed by atoms with Gasteiger partial charge in [-0.3, -0.25) is 14.5 Å². The molecule has 0 heterocycles. The largest absolute Gasteiger partial charge is 0.480 e. The van der Waals surface area contributed by atoms with Crippen LogP contribution in [0, 0.1) is 0 Å². The molecule has 1 fully saturated rings. The maximum Gasteiger partial charge on any atom is 0.317 e. The summed E-state index contributed by atoms with van der Waals surface area (Å²) >= 11 is 3.33. The number of hydrogen-bond acceptors (Lipinski definition) is 3. The summed E-state index contributed by atoms with van der Waals surface area (Å²) in [4.78, 5) is 24.3. The van der Waals surface area contributed by atoms with Gasteiger partial charge in [-0.15, -0.1) is 0 Å². The van der Waals surface area contributed by atoms with Crippen LogP contribution in [0.4, 0.5) is 5.69 Å². The molecule has 102 valence electrons. The summed E-state index contributed by atoms with van der Waals surface area (Å²) in [6.07, 6.45) is 1.94. The standard InChI is InChI=1S/C13H15BrN2O3/c14-9-2-1-3-10(6-9)15-12(17)7-16(8-13(18)19)11-4-5-11/h1-3,6,11H,4-5,7-8H2,(H,15,17)(H,18,19). The van der Waals surface area contributed by atoms with Crippen LogP contribution < -0.4 is 5.32 Å². The Morgan fingerprint density at radius 3 is 2.68 bits per heavy atom.